The standard InChI is InChI=1S/C28H34N4O5S/c1-29-28(34)26(19-22-12-7-5-8-13-22)31(20-23-14-11-17-25(18-23)37-4)27(33)21-32(38(35,36)30(2)3)24-15-9-6-10-16-24/h5-18,26H,19-21H2,1-4H3,(H,29,34). The second-order valence-electron chi connectivity index (χ2n) is 8.83. The third-order valence-electron chi connectivity index (χ3n) is 6.07. The molecule has 0 fully saturated rings. The van der Waals surface area contributed by atoms with E-state index in [1.165, 1.54) is 26.0 Å². The zero-order valence-corrected chi connectivity index (χ0v) is 22.9. The molecule has 202 valence electrons. The molecule has 3 aromatic carbocycles. The van der Waals surface area contributed by atoms with Gasteiger partial charge in [0.05, 0.1) is 12.8 Å². The normalized spacial score (nSPS) is 12.0. The van der Waals surface area contributed by atoms with Gasteiger partial charge in [-0.05, 0) is 35.4 Å². The van der Waals surface area contributed by atoms with Gasteiger partial charge in [-0.1, -0.05) is 60.7 Å². The van der Waals surface area contributed by atoms with Crippen molar-refractivity contribution in [2.75, 3.05) is 39.1 Å². The third-order valence-corrected chi connectivity index (χ3v) is 7.89. The number of likely N-dealkylation sites (N-methyl/N-ethyl adjacent to an activating group) is 1. The molecule has 0 spiro atoms. The van der Waals surface area contributed by atoms with Crippen LogP contribution in [0.15, 0.2) is 84.9 Å². The number of rotatable bonds is 12. The van der Waals surface area contributed by atoms with E-state index in [0.717, 1.165) is 19.7 Å². The highest BCUT2D eigenvalue weighted by atomic mass is 32.2. The first-order valence-electron chi connectivity index (χ1n) is 12.1. The fraction of sp³-hybridized carbons (Fsp3) is 0.286. The monoisotopic (exact) mass is 538 g/mol. The Morgan fingerprint density at radius 2 is 1.50 bits per heavy atom. The van der Waals surface area contributed by atoms with Crippen LogP contribution in [0.2, 0.25) is 0 Å². The van der Waals surface area contributed by atoms with Gasteiger partial charge in [-0.25, -0.2) is 4.31 Å². The van der Waals surface area contributed by atoms with E-state index >= 15 is 0 Å². The number of hydrogen-bond acceptors (Lipinski definition) is 5. The Morgan fingerprint density at radius 1 is 0.895 bits per heavy atom. The van der Waals surface area contributed by atoms with Gasteiger partial charge in [-0.2, -0.15) is 12.7 Å². The molecule has 9 nitrogen and oxygen atoms in total. The first kappa shape index (κ1) is 28.7. The van der Waals surface area contributed by atoms with Gasteiger partial charge in [-0.15, -0.1) is 0 Å². The summed E-state index contributed by atoms with van der Waals surface area (Å²) in [7, 11) is 1.87. The highest BCUT2D eigenvalue weighted by molar-refractivity contribution is 7.90. The minimum atomic E-state index is -4.02. The summed E-state index contributed by atoms with van der Waals surface area (Å²) in [6, 6.07) is 24.1. The molecule has 10 heteroatoms. The van der Waals surface area contributed by atoms with Crippen molar-refractivity contribution < 1.29 is 22.7 Å². The number of nitrogens with one attached hydrogen (secondary N) is 1. The average Bonchev–Trinajstić information content (AvgIpc) is 2.94. The molecule has 2 amide bonds. The number of anilines is 1. The van der Waals surface area contributed by atoms with Crippen LogP contribution in [0.1, 0.15) is 11.1 Å². The lowest BCUT2D eigenvalue weighted by Crippen LogP contribution is -2.53. The number of carbonyl (C=O) groups excluding carboxylic acids is 2. The zero-order chi connectivity index (χ0) is 27.7. The van der Waals surface area contributed by atoms with Crippen LogP contribution in [0.25, 0.3) is 0 Å². The summed E-state index contributed by atoms with van der Waals surface area (Å²) >= 11 is 0. The van der Waals surface area contributed by atoms with Crippen molar-refractivity contribution in [3.8, 4) is 5.75 Å². The van der Waals surface area contributed by atoms with Gasteiger partial charge in [0.1, 0.15) is 18.3 Å². The lowest BCUT2D eigenvalue weighted by atomic mass is 10.0. The van der Waals surface area contributed by atoms with E-state index in [1.54, 1.807) is 55.6 Å². The Bertz CT molecular complexity index is 1320. The molecule has 0 saturated heterocycles. The number of methoxy groups -OCH3 is 1. The average molecular weight is 539 g/mol. The summed E-state index contributed by atoms with van der Waals surface area (Å²) in [5.74, 6) is -0.269. The van der Waals surface area contributed by atoms with Crippen LogP contribution in [0.4, 0.5) is 5.69 Å². The molecule has 3 aromatic rings. The predicted molar refractivity (Wildman–Crippen MR) is 148 cm³/mol. The Kier molecular flexibility index (Phi) is 9.86. The van der Waals surface area contributed by atoms with Crippen molar-refractivity contribution in [3.05, 3.63) is 96.1 Å². The number of hydrogen-bond donors (Lipinski definition) is 1. The second kappa shape index (κ2) is 13.1. The molecule has 0 radical (unpaired) electrons. The lowest BCUT2D eigenvalue weighted by Gasteiger charge is -2.34. The first-order valence-corrected chi connectivity index (χ1v) is 13.5. The Labute approximate surface area is 224 Å². The Hall–Kier alpha value is -3.89. The summed E-state index contributed by atoms with van der Waals surface area (Å²) in [4.78, 5) is 28.6. The SMILES string of the molecule is CNC(=O)C(Cc1ccccc1)N(Cc1cccc(OC)c1)C(=O)CN(c1ccccc1)S(=O)(=O)N(C)C. The van der Waals surface area contributed by atoms with Crippen molar-refractivity contribution in [3.63, 3.8) is 0 Å². The van der Waals surface area contributed by atoms with E-state index in [9.17, 15) is 18.0 Å². The number of amides is 2. The Morgan fingerprint density at radius 3 is 2.08 bits per heavy atom. The van der Waals surface area contributed by atoms with E-state index in [-0.39, 0.29) is 18.9 Å². The zero-order valence-electron chi connectivity index (χ0n) is 22.1. The smallest absolute Gasteiger partial charge is 0.304 e. The third kappa shape index (κ3) is 7.11. The van der Waals surface area contributed by atoms with Gasteiger partial charge >= 0.3 is 10.2 Å². The number of ether oxygens (including phenoxy) is 1. The molecule has 0 saturated carbocycles. The van der Waals surface area contributed by atoms with Gasteiger partial charge in [0.25, 0.3) is 0 Å². The van der Waals surface area contributed by atoms with Crippen LogP contribution >= 0.6 is 0 Å². The summed E-state index contributed by atoms with van der Waals surface area (Å²) in [5.41, 5.74) is 1.95. The van der Waals surface area contributed by atoms with Gasteiger partial charge in [0, 0.05) is 34.1 Å². The summed E-state index contributed by atoms with van der Waals surface area (Å²) in [5, 5.41) is 2.66. The highest BCUT2D eigenvalue weighted by Gasteiger charge is 2.34. The van der Waals surface area contributed by atoms with Crippen LogP contribution in [0.3, 0.4) is 0 Å². The Balaban J connectivity index is 2.06. The van der Waals surface area contributed by atoms with Gasteiger partial charge in [-0.3, -0.25) is 9.59 Å². The van der Waals surface area contributed by atoms with Crippen molar-refractivity contribution in [2.45, 2.75) is 19.0 Å². The summed E-state index contributed by atoms with van der Waals surface area (Å²) < 4.78 is 34.0. The largest absolute Gasteiger partial charge is 0.497 e. The number of nitrogens with zero attached hydrogens (tertiary/aromatic N) is 3. The topological polar surface area (TPSA) is 99.3 Å². The summed E-state index contributed by atoms with van der Waals surface area (Å²) in [6.07, 6.45) is 0.252. The predicted octanol–water partition coefficient (Wildman–Crippen LogP) is 2.69. The van der Waals surface area contributed by atoms with Gasteiger partial charge in [0.2, 0.25) is 11.8 Å². The molecule has 0 aromatic heterocycles. The molecule has 38 heavy (non-hydrogen) atoms. The quantitative estimate of drug-likeness (QED) is 0.382. The van der Waals surface area contributed by atoms with Gasteiger partial charge < -0.3 is 15.0 Å². The molecule has 1 N–H and O–H groups in total. The first-order chi connectivity index (χ1) is 18.2. The van der Waals surface area contributed by atoms with Crippen LogP contribution < -0.4 is 14.4 Å². The molecule has 0 bridgehead atoms. The van der Waals surface area contributed by atoms with E-state index in [1.807, 2.05) is 36.4 Å². The maximum Gasteiger partial charge on any atom is 0.304 e. The molecule has 1 unspecified atom stereocenters. The van der Waals surface area contributed by atoms with Crippen LogP contribution in [-0.4, -0.2) is 70.3 Å². The minimum absolute atomic E-state index is 0.0750. The van der Waals surface area contributed by atoms with Crippen molar-refractivity contribution >= 4 is 27.7 Å². The highest BCUT2D eigenvalue weighted by Crippen LogP contribution is 2.22. The maximum atomic E-state index is 14.0. The minimum Gasteiger partial charge on any atom is -0.497 e. The summed E-state index contributed by atoms with van der Waals surface area (Å²) in [6.45, 7) is -0.414. The maximum absolute atomic E-state index is 14.0. The van der Waals surface area contributed by atoms with E-state index in [0.29, 0.717) is 11.4 Å². The molecule has 3 rings (SSSR count). The number of carbonyl (C=O) groups is 2. The van der Waals surface area contributed by atoms with Crippen LogP contribution in [0.5, 0.6) is 5.75 Å². The van der Waals surface area contributed by atoms with Crippen molar-refractivity contribution in [1.29, 1.82) is 0 Å². The van der Waals surface area contributed by atoms with E-state index < -0.39 is 28.7 Å². The molecule has 1 atom stereocenters. The molecule has 0 aliphatic carbocycles. The second-order valence-corrected chi connectivity index (χ2v) is 10.9. The fourth-order valence-corrected chi connectivity index (χ4v) is 5.06. The molecule has 0 aliphatic rings. The van der Waals surface area contributed by atoms with Gasteiger partial charge in [0.15, 0.2) is 0 Å². The fourth-order valence-electron chi connectivity index (χ4n) is 4.00. The number of para-hydroxylation sites is 1. The lowest BCUT2D eigenvalue weighted by molar-refractivity contribution is -0.139. The number of benzene rings is 3. The van der Waals surface area contributed by atoms with Crippen molar-refractivity contribution in [2.24, 2.45) is 0 Å². The molecular weight excluding hydrogens is 504 g/mol. The van der Waals surface area contributed by atoms with Crippen LogP contribution in [0, 0.1) is 0 Å². The van der Waals surface area contributed by atoms with E-state index in [2.05, 4.69) is 5.32 Å². The van der Waals surface area contributed by atoms with E-state index in [4.69, 9.17) is 4.74 Å². The van der Waals surface area contributed by atoms with Crippen LogP contribution in [-0.2, 0) is 32.8 Å². The molecule has 0 heterocycles. The van der Waals surface area contributed by atoms with Crippen molar-refractivity contribution in [1.82, 2.24) is 14.5 Å². The molecular formula is C28H34N4O5S. The molecule has 0 aliphatic heterocycles.